The van der Waals surface area contributed by atoms with E-state index in [9.17, 15) is 13.2 Å². The first-order chi connectivity index (χ1) is 12.9. The largest absolute Gasteiger partial charge is 0.416 e. The SMILES string of the molecule is Cc1cccnc1CN1CCC2CCN(c3cc(C(F)(F)F)ccn3)CC21. The Bertz CT molecular complexity index is 808. The van der Waals surface area contributed by atoms with E-state index in [1.807, 2.05) is 17.2 Å². The fourth-order valence-corrected chi connectivity index (χ4v) is 4.28. The zero-order valence-corrected chi connectivity index (χ0v) is 15.3. The first kappa shape index (κ1) is 18.2. The highest BCUT2D eigenvalue weighted by molar-refractivity contribution is 5.43. The van der Waals surface area contributed by atoms with Gasteiger partial charge in [-0.25, -0.2) is 4.98 Å². The zero-order chi connectivity index (χ0) is 19.0. The van der Waals surface area contributed by atoms with E-state index in [1.54, 1.807) is 0 Å². The van der Waals surface area contributed by atoms with Gasteiger partial charge in [-0.05, 0) is 56.0 Å². The van der Waals surface area contributed by atoms with Crippen LogP contribution in [0.4, 0.5) is 19.0 Å². The summed E-state index contributed by atoms with van der Waals surface area (Å²) in [5.74, 6) is 1.01. The predicted octanol–water partition coefficient (Wildman–Crippen LogP) is 3.90. The van der Waals surface area contributed by atoms with Gasteiger partial charge < -0.3 is 4.90 Å². The number of nitrogens with zero attached hydrogens (tertiary/aromatic N) is 4. The summed E-state index contributed by atoms with van der Waals surface area (Å²) in [5.41, 5.74) is 1.61. The highest BCUT2D eigenvalue weighted by Crippen LogP contribution is 2.36. The molecule has 0 radical (unpaired) electrons. The number of rotatable bonds is 3. The average Bonchev–Trinajstić information content (AvgIpc) is 3.05. The number of fused-ring (bicyclic) bond motifs is 1. The summed E-state index contributed by atoms with van der Waals surface area (Å²) in [6, 6.07) is 6.53. The molecule has 2 aromatic rings. The summed E-state index contributed by atoms with van der Waals surface area (Å²) in [7, 11) is 0. The van der Waals surface area contributed by atoms with E-state index in [4.69, 9.17) is 0 Å². The van der Waals surface area contributed by atoms with Crippen LogP contribution in [0.1, 0.15) is 29.7 Å². The van der Waals surface area contributed by atoms with Gasteiger partial charge in [0.05, 0.1) is 11.3 Å². The van der Waals surface area contributed by atoms with E-state index in [1.165, 1.54) is 17.8 Å². The number of likely N-dealkylation sites (tertiary alicyclic amines) is 1. The van der Waals surface area contributed by atoms with Crippen LogP contribution in [0.5, 0.6) is 0 Å². The van der Waals surface area contributed by atoms with Crippen LogP contribution in [0, 0.1) is 12.8 Å². The number of piperidine rings is 1. The molecule has 2 unspecified atom stereocenters. The van der Waals surface area contributed by atoms with Crippen molar-refractivity contribution in [2.45, 2.75) is 38.5 Å². The van der Waals surface area contributed by atoms with Crippen molar-refractivity contribution >= 4 is 5.82 Å². The number of halogens is 3. The molecule has 27 heavy (non-hydrogen) atoms. The summed E-state index contributed by atoms with van der Waals surface area (Å²) in [6.45, 7) is 5.33. The zero-order valence-electron chi connectivity index (χ0n) is 15.3. The number of aromatic nitrogens is 2. The predicted molar refractivity (Wildman–Crippen MR) is 97.3 cm³/mol. The Labute approximate surface area is 157 Å². The quantitative estimate of drug-likeness (QED) is 0.813. The lowest BCUT2D eigenvalue weighted by atomic mass is 9.92. The second kappa shape index (κ2) is 7.11. The van der Waals surface area contributed by atoms with Crippen LogP contribution < -0.4 is 4.90 Å². The van der Waals surface area contributed by atoms with Crippen molar-refractivity contribution in [3.05, 3.63) is 53.5 Å². The summed E-state index contributed by atoms with van der Waals surface area (Å²) in [5, 5.41) is 0. The first-order valence-corrected chi connectivity index (χ1v) is 9.34. The molecular formula is C20H23F3N4. The molecule has 2 aromatic heterocycles. The van der Waals surface area contributed by atoms with Gasteiger partial charge in [0.15, 0.2) is 0 Å². The molecule has 2 atom stereocenters. The van der Waals surface area contributed by atoms with Gasteiger partial charge >= 0.3 is 6.18 Å². The van der Waals surface area contributed by atoms with E-state index in [2.05, 4.69) is 27.9 Å². The number of hydrogen-bond donors (Lipinski definition) is 0. The Morgan fingerprint density at radius 3 is 2.70 bits per heavy atom. The van der Waals surface area contributed by atoms with Crippen LogP contribution in [-0.4, -0.2) is 40.5 Å². The number of hydrogen-bond acceptors (Lipinski definition) is 4. The fraction of sp³-hybridized carbons (Fsp3) is 0.500. The summed E-state index contributed by atoms with van der Waals surface area (Å²) in [4.78, 5) is 13.1. The molecule has 2 saturated heterocycles. The van der Waals surface area contributed by atoms with Crippen molar-refractivity contribution in [3.63, 3.8) is 0 Å². The van der Waals surface area contributed by atoms with Crippen LogP contribution in [0.15, 0.2) is 36.7 Å². The van der Waals surface area contributed by atoms with Gasteiger partial charge in [-0.3, -0.25) is 9.88 Å². The molecule has 0 aromatic carbocycles. The van der Waals surface area contributed by atoms with E-state index in [0.29, 0.717) is 24.3 Å². The minimum absolute atomic E-state index is 0.330. The van der Waals surface area contributed by atoms with Crippen LogP contribution in [-0.2, 0) is 12.7 Å². The Morgan fingerprint density at radius 2 is 1.93 bits per heavy atom. The van der Waals surface area contributed by atoms with Crippen molar-refractivity contribution < 1.29 is 13.2 Å². The van der Waals surface area contributed by atoms with Gasteiger partial charge in [0, 0.05) is 38.1 Å². The maximum absolute atomic E-state index is 13.0. The number of anilines is 1. The molecule has 0 bridgehead atoms. The van der Waals surface area contributed by atoms with Crippen LogP contribution >= 0.6 is 0 Å². The van der Waals surface area contributed by atoms with E-state index in [-0.39, 0.29) is 0 Å². The second-order valence-corrected chi connectivity index (χ2v) is 7.49. The molecule has 0 saturated carbocycles. The lowest BCUT2D eigenvalue weighted by Crippen LogP contribution is -2.48. The molecule has 4 rings (SSSR count). The molecule has 0 aliphatic carbocycles. The average molecular weight is 376 g/mol. The molecule has 2 aliphatic heterocycles. The van der Waals surface area contributed by atoms with Gasteiger partial charge in [0.1, 0.15) is 5.82 Å². The lowest BCUT2D eigenvalue weighted by Gasteiger charge is -2.39. The highest BCUT2D eigenvalue weighted by Gasteiger charge is 2.39. The fourth-order valence-electron chi connectivity index (χ4n) is 4.28. The van der Waals surface area contributed by atoms with E-state index in [0.717, 1.165) is 44.2 Å². The third kappa shape index (κ3) is 3.78. The van der Waals surface area contributed by atoms with Crippen molar-refractivity contribution in [3.8, 4) is 0 Å². The lowest BCUT2D eigenvalue weighted by molar-refractivity contribution is -0.137. The van der Waals surface area contributed by atoms with Crippen LogP contribution in [0.3, 0.4) is 0 Å². The minimum atomic E-state index is -4.34. The van der Waals surface area contributed by atoms with Gasteiger partial charge in [-0.15, -0.1) is 0 Å². The van der Waals surface area contributed by atoms with Crippen LogP contribution in [0.2, 0.25) is 0 Å². The maximum atomic E-state index is 13.0. The normalized spacial score (nSPS) is 23.5. The molecule has 7 heteroatoms. The molecule has 0 N–H and O–H groups in total. The molecule has 4 heterocycles. The standard InChI is InChI=1S/C20H23F3N4/c1-14-3-2-7-24-17(14)12-26-9-5-15-6-10-27(13-18(15)26)19-11-16(4-8-25-19)20(21,22)23/h2-4,7-8,11,15,18H,5-6,9-10,12-13H2,1H3. The molecule has 0 amide bonds. The Hall–Kier alpha value is -2.15. The molecule has 4 nitrogen and oxygen atoms in total. The second-order valence-electron chi connectivity index (χ2n) is 7.49. The number of pyridine rings is 2. The van der Waals surface area contributed by atoms with Crippen LogP contribution in [0.25, 0.3) is 0 Å². The molecular weight excluding hydrogens is 353 g/mol. The number of alkyl halides is 3. The van der Waals surface area contributed by atoms with Crippen molar-refractivity contribution in [2.75, 3.05) is 24.5 Å². The Morgan fingerprint density at radius 1 is 1.11 bits per heavy atom. The topological polar surface area (TPSA) is 32.3 Å². The smallest absolute Gasteiger partial charge is 0.355 e. The van der Waals surface area contributed by atoms with Gasteiger partial charge in [0.2, 0.25) is 0 Å². The van der Waals surface area contributed by atoms with Gasteiger partial charge in [-0.2, -0.15) is 13.2 Å². The minimum Gasteiger partial charge on any atom is -0.355 e. The van der Waals surface area contributed by atoms with Gasteiger partial charge in [-0.1, -0.05) is 6.07 Å². The summed E-state index contributed by atoms with van der Waals surface area (Å²) >= 11 is 0. The van der Waals surface area contributed by atoms with Crippen molar-refractivity contribution in [2.24, 2.45) is 5.92 Å². The maximum Gasteiger partial charge on any atom is 0.416 e. The first-order valence-electron chi connectivity index (χ1n) is 9.34. The third-order valence-electron chi connectivity index (χ3n) is 5.85. The monoisotopic (exact) mass is 376 g/mol. The van der Waals surface area contributed by atoms with Gasteiger partial charge in [0.25, 0.3) is 0 Å². The van der Waals surface area contributed by atoms with Crippen molar-refractivity contribution in [1.82, 2.24) is 14.9 Å². The Kier molecular flexibility index (Phi) is 4.80. The molecule has 0 spiro atoms. The summed E-state index contributed by atoms with van der Waals surface area (Å²) < 4.78 is 39.1. The number of aryl methyl sites for hydroxylation is 1. The Balaban J connectivity index is 1.51. The van der Waals surface area contributed by atoms with Crippen molar-refractivity contribution in [1.29, 1.82) is 0 Å². The molecule has 2 aliphatic rings. The summed E-state index contributed by atoms with van der Waals surface area (Å²) in [6.07, 6.45) is 0.857. The highest BCUT2D eigenvalue weighted by atomic mass is 19.4. The third-order valence-corrected chi connectivity index (χ3v) is 5.85. The molecule has 2 fully saturated rings. The van der Waals surface area contributed by atoms with E-state index < -0.39 is 11.7 Å². The molecule has 144 valence electrons. The van der Waals surface area contributed by atoms with E-state index >= 15 is 0 Å².